The van der Waals surface area contributed by atoms with Gasteiger partial charge < -0.3 is 19.8 Å². The number of methoxy groups -OCH3 is 1. The van der Waals surface area contributed by atoms with E-state index in [0.29, 0.717) is 11.3 Å². The monoisotopic (exact) mass is 325 g/mol. The van der Waals surface area contributed by atoms with E-state index in [1.54, 1.807) is 13.8 Å². The van der Waals surface area contributed by atoms with Crippen molar-refractivity contribution in [2.24, 2.45) is 0 Å². The Bertz CT molecular complexity index is 649. The number of aromatic nitrogens is 1. The van der Waals surface area contributed by atoms with Gasteiger partial charge in [-0.3, -0.25) is 10.1 Å². The summed E-state index contributed by atoms with van der Waals surface area (Å²) >= 11 is 0. The first-order valence-corrected chi connectivity index (χ1v) is 6.73. The molecule has 23 heavy (non-hydrogen) atoms. The number of imide groups is 1. The number of hydrogen-bond acceptors (Lipinski definition) is 6. The molecule has 0 saturated carbocycles. The molecule has 1 rings (SSSR count). The number of esters is 2. The van der Waals surface area contributed by atoms with Gasteiger partial charge in [-0.05, 0) is 26.3 Å². The molecule has 1 unspecified atom stereocenters. The van der Waals surface area contributed by atoms with E-state index in [0.717, 1.165) is 0 Å². The summed E-state index contributed by atoms with van der Waals surface area (Å²) in [5.41, 5.74) is 1.09. The molecule has 0 bridgehead atoms. The minimum absolute atomic E-state index is 0.0440. The van der Waals surface area contributed by atoms with E-state index >= 15 is 0 Å². The lowest BCUT2D eigenvalue weighted by Crippen LogP contribution is -2.43. The molecule has 3 N–H and O–H groups in total. The van der Waals surface area contributed by atoms with Crippen LogP contribution in [0, 0.1) is 13.8 Å². The molecule has 126 valence electrons. The van der Waals surface area contributed by atoms with E-state index in [4.69, 9.17) is 4.74 Å². The van der Waals surface area contributed by atoms with Crippen LogP contribution in [0.25, 0.3) is 0 Å². The standard InChI is InChI=1S/C14H19N3O6/c1-6-9(12(19)22-5)7(2)16-10(6)13(20)23-8(3)11(18)17-14(21)15-4/h8,16H,1-5H3,(H2,15,17,18,21). The third-order valence-electron chi connectivity index (χ3n) is 3.15. The summed E-state index contributed by atoms with van der Waals surface area (Å²) in [4.78, 5) is 49.2. The second-order valence-corrected chi connectivity index (χ2v) is 4.73. The summed E-state index contributed by atoms with van der Waals surface area (Å²) in [6.07, 6.45) is -1.19. The van der Waals surface area contributed by atoms with Gasteiger partial charge in [0.05, 0.1) is 12.7 Å². The normalized spacial score (nSPS) is 11.3. The van der Waals surface area contributed by atoms with Crippen LogP contribution in [-0.2, 0) is 14.3 Å². The second-order valence-electron chi connectivity index (χ2n) is 4.73. The Morgan fingerprint density at radius 2 is 1.74 bits per heavy atom. The maximum absolute atomic E-state index is 12.1. The highest BCUT2D eigenvalue weighted by Crippen LogP contribution is 2.20. The van der Waals surface area contributed by atoms with Crippen molar-refractivity contribution < 1.29 is 28.7 Å². The minimum Gasteiger partial charge on any atom is -0.465 e. The predicted octanol–water partition coefficient (Wildman–Crippen LogP) is 0.419. The van der Waals surface area contributed by atoms with E-state index in [2.05, 4.69) is 15.0 Å². The number of aromatic amines is 1. The number of rotatable bonds is 4. The third-order valence-corrected chi connectivity index (χ3v) is 3.15. The van der Waals surface area contributed by atoms with Crippen LogP contribution < -0.4 is 10.6 Å². The van der Waals surface area contributed by atoms with Crippen molar-refractivity contribution in [1.82, 2.24) is 15.6 Å². The van der Waals surface area contributed by atoms with Crippen LogP contribution in [-0.4, -0.2) is 49.1 Å². The Hall–Kier alpha value is -2.84. The van der Waals surface area contributed by atoms with Gasteiger partial charge in [0.2, 0.25) is 0 Å². The van der Waals surface area contributed by atoms with Crippen molar-refractivity contribution in [3.05, 3.63) is 22.5 Å². The van der Waals surface area contributed by atoms with Crippen LogP contribution in [0.2, 0.25) is 0 Å². The van der Waals surface area contributed by atoms with Crippen molar-refractivity contribution in [2.75, 3.05) is 14.2 Å². The van der Waals surface area contributed by atoms with Gasteiger partial charge in [0, 0.05) is 12.7 Å². The fraction of sp³-hybridized carbons (Fsp3) is 0.429. The molecule has 3 amide bonds. The summed E-state index contributed by atoms with van der Waals surface area (Å²) in [6.45, 7) is 4.49. The highest BCUT2D eigenvalue weighted by atomic mass is 16.5. The zero-order valence-corrected chi connectivity index (χ0v) is 13.5. The SMILES string of the molecule is CNC(=O)NC(=O)C(C)OC(=O)c1[nH]c(C)c(C(=O)OC)c1C. The highest BCUT2D eigenvalue weighted by molar-refractivity contribution is 6.00. The Labute approximate surface area is 132 Å². The Kier molecular flexibility index (Phi) is 5.88. The van der Waals surface area contributed by atoms with Gasteiger partial charge in [-0.25, -0.2) is 14.4 Å². The molecule has 0 spiro atoms. The molecule has 0 radical (unpaired) electrons. The van der Waals surface area contributed by atoms with Gasteiger partial charge in [0.15, 0.2) is 6.10 Å². The number of nitrogens with one attached hydrogen (secondary N) is 3. The van der Waals surface area contributed by atoms with E-state index in [1.165, 1.54) is 21.1 Å². The van der Waals surface area contributed by atoms with E-state index < -0.39 is 30.0 Å². The van der Waals surface area contributed by atoms with Crippen molar-refractivity contribution in [1.29, 1.82) is 0 Å². The first-order chi connectivity index (χ1) is 10.7. The van der Waals surface area contributed by atoms with Crippen molar-refractivity contribution in [2.45, 2.75) is 26.9 Å². The molecule has 0 fully saturated rings. The zero-order valence-electron chi connectivity index (χ0n) is 13.5. The van der Waals surface area contributed by atoms with E-state index in [9.17, 15) is 19.2 Å². The lowest BCUT2D eigenvalue weighted by atomic mass is 10.1. The zero-order chi connectivity index (χ0) is 17.7. The van der Waals surface area contributed by atoms with Crippen LogP contribution in [0.4, 0.5) is 4.79 Å². The molecule has 9 nitrogen and oxygen atoms in total. The van der Waals surface area contributed by atoms with Crippen LogP contribution in [0.1, 0.15) is 39.0 Å². The summed E-state index contributed by atoms with van der Waals surface area (Å²) < 4.78 is 9.64. The molecule has 0 aliphatic carbocycles. The second kappa shape index (κ2) is 7.43. The van der Waals surface area contributed by atoms with Crippen molar-refractivity contribution in [3.8, 4) is 0 Å². The average molecular weight is 325 g/mol. The van der Waals surface area contributed by atoms with Crippen LogP contribution in [0.5, 0.6) is 0 Å². The van der Waals surface area contributed by atoms with Gasteiger partial charge in [-0.1, -0.05) is 0 Å². The fourth-order valence-electron chi connectivity index (χ4n) is 1.91. The maximum Gasteiger partial charge on any atom is 0.355 e. The Morgan fingerprint density at radius 1 is 1.13 bits per heavy atom. The van der Waals surface area contributed by atoms with Crippen LogP contribution in [0.15, 0.2) is 0 Å². The number of aryl methyl sites for hydroxylation is 1. The Morgan fingerprint density at radius 3 is 2.26 bits per heavy atom. The van der Waals surface area contributed by atoms with Crippen LogP contribution in [0.3, 0.4) is 0 Å². The molecule has 9 heteroatoms. The average Bonchev–Trinajstić information content (AvgIpc) is 2.81. The fourth-order valence-corrected chi connectivity index (χ4v) is 1.91. The number of carbonyl (C=O) groups is 4. The number of hydrogen-bond donors (Lipinski definition) is 3. The maximum atomic E-state index is 12.1. The number of urea groups is 1. The molecule has 0 saturated heterocycles. The molecule has 1 aromatic rings. The molecular weight excluding hydrogens is 306 g/mol. The quantitative estimate of drug-likeness (QED) is 0.689. The van der Waals surface area contributed by atoms with Gasteiger partial charge in [-0.15, -0.1) is 0 Å². The van der Waals surface area contributed by atoms with Gasteiger partial charge in [0.25, 0.3) is 5.91 Å². The number of ether oxygens (including phenoxy) is 2. The molecule has 1 heterocycles. The number of amides is 3. The first kappa shape index (κ1) is 18.2. The summed E-state index contributed by atoms with van der Waals surface area (Å²) in [5.74, 6) is -2.17. The lowest BCUT2D eigenvalue weighted by molar-refractivity contribution is -0.127. The topological polar surface area (TPSA) is 127 Å². The smallest absolute Gasteiger partial charge is 0.355 e. The molecule has 1 atom stereocenters. The number of carbonyl (C=O) groups excluding carboxylic acids is 4. The lowest BCUT2D eigenvalue weighted by Gasteiger charge is -2.12. The highest BCUT2D eigenvalue weighted by Gasteiger charge is 2.26. The molecule has 0 aromatic carbocycles. The predicted molar refractivity (Wildman–Crippen MR) is 79.1 cm³/mol. The van der Waals surface area contributed by atoms with Gasteiger partial charge in [-0.2, -0.15) is 0 Å². The minimum atomic E-state index is -1.19. The largest absolute Gasteiger partial charge is 0.465 e. The van der Waals surface area contributed by atoms with Crippen molar-refractivity contribution in [3.63, 3.8) is 0 Å². The molecular formula is C14H19N3O6. The van der Waals surface area contributed by atoms with E-state index in [-0.39, 0.29) is 11.3 Å². The first-order valence-electron chi connectivity index (χ1n) is 6.73. The molecule has 1 aromatic heterocycles. The summed E-state index contributed by atoms with van der Waals surface area (Å²) in [7, 11) is 2.58. The summed E-state index contributed by atoms with van der Waals surface area (Å²) in [5, 5.41) is 4.20. The Balaban J connectivity index is 2.89. The molecule has 0 aliphatic heterocycles. The number of H-pyrrole nitrogens is 1. The molecule has 0 aliphatic rings. The van der Waals surface area contributed by atoms with Crippen LogP contribution >= 0.6 is 0 Å². The third kappa shape index (κ3) is 4.09. The van der Waals surface area contributed by atoms with Gasteiger partial charge in [0.1, 0.15) is 5.69 Å². The van der Waals surface area contributed by atoms with Gasteiger partial charge >= 0.3 is 18.0 Å². The summed E-state index contributed by atoms with van der Waals surface area (Å²) in [6, 6.07) is -0.710. The van der Waals surface area contributed by atoms with Crippen molar-refractivity contribution >= 4 is 23.9 Å². The van der Waals surface area contributed by atoms with E-state index in [1.807, 2.05) is 5.32 Å².